The Hall–Kier alpha value is -1.59. The average molecular weight is 422 g/mol. The minimum atomic E-state index is -3.05. The number of hydrogen-bond donors (Lipinski definition) is 0. The summed E-state index contributed by atoms with van der Waals surface area (Å²) in [6.07, 6.45) is 4.57. The maximum absolute atomic E-state index is 13.1. The third kappa shape index (κ3) is 4.36. The number of thioether (sulfide) groups is 1. The first-order valence-corrected chi connectivity index (χ1v) is 12.6. The molecule has 1 atom stereocenters. The average Bonchev–Trinajstić information content (AvgIpc) is 3.28. The van der Waals surface area contributed by atoms with Gasteiger partial charge in [0.1, 0.15) is 11.1 Å². The summed E-state index contributed by atoms with van der Waals surface area (Å²) in [4.78, 5) is 19.5. The molecule has 8 heteroatoms. The van der Waals surface area contributed by atoms with E-state index in [1.165, 1.54) is 11.8 Å². The molecule has 1 amide bonds. The van der Waals surface area contributed by atoms with Crippen molar-refractivity contribution in [3.8, 4) is 6.07 Å². The third-order valence-corrected chi connectivity index (χ3v) is 8.73. The highest BCUT2D eigenvalue weighted by atomic mass is 32.2. The lowest BCUT2D eigenvalue weighted by Gasteiger charge is -2.34. The lowest BCUT2D eigenvalue weighted by atomic mass is 10.1. The van der Waals surface area contributed by atoms with Gasteiger partial charge < -0.3 is 4.90 Å². The molecule has 2 aliphatic rings. The molecule has 0 unspecified atom stereocenters. The maximum atomic E-state index is 13.1. The van der Waals surface area contributed by atoms with Gasteiger partial charge in [-0.05, 0) is 51.2 Å². The first-order valence-electron chi connectivity index (χ1n) is 9.75. The van der Waals surface area contributed by atoms with E-state index in [0.29, 0.717) is 17.0 Å². The zero-order valence-corrected chi connectivity index (χ0v) is 18.3. The predicted molar refractivity (Wildman–Crippen MR) is 110 cm³/mol. The smallest absolute Gasteiger partial charge is 0.233 e. The van der Waals surface area contributed by atoms with Crippen LogP contribution in [0.4, 0.5) is 0 Å². The van der Waals surface area contributed by atoms with E-state index in [2.05, 4.69) is 11.1 Å². The highest BCUT2D eigenvalue weighted by Gasteiger charge is 2.38. The van der Waals surface area contributed by atoms with Crippen molar-refractivity contribution < 1.29 is 13.2 Å². The number of sulfone groups is 1. The van der Waals surface area contributed by atoms with Crippen LogP contribution >= 0.6 is 11.8 Å². The van der Waals surface area contributed by atoms with Crippen LogP contribution in [-0.4, -0.2) is 53.6 Å². The van der Waals surface area contributed by atoms with Gasteiger partial charge in [-0.2, -0.15) is 5.26 Å². The summed E-state index contributed by atoms with van der Waals surface area (Å²) in [6, 6.07) is 2.14. The molecule has 1 saturated carbocycles. The normalized spacial score (nSPS) is 21.6. The fraction of sp³-hybridized carbons (Fsp3) is 0.650. The number of carbonyl (C=O) groups is 1. The Bertz CT molecular complexity index is 916. The molecule has 1 aromatic heterocycles. The molecule has 6 nitrogen and oxygen atoms in total. The van der Waals surface area contributed by atoms with Gasteiger partial charge in [0.15, 0.2) is 9.84 Å². The number of amides is 1. The molecule has 1 saturated heterocycles. The van der Waals surface area contributed by atoms with Crippen LogP contribution in [0.3, 0.4) is 0 Å². The molecular weight excluding hydrogens is 394 g/mol. The maximum Gasteiger partial charge on any atom is 0.233 e. The van der Waals surface area contributed by atoms with Crippen molar-refractivity contribution >= 4 is 27.5 Å². The first-order chi connectivity index (χ1) is 13.2. The lowest BCUT2D eigenvalue weighted by Crippen LogP contribution is -2.47. The zero-order valence-electron chi connectivity index (χ0n) is 16.7. The molecule has 0 spiro atoms. The minimum absolute atomic E-state index is 0.0411. The van der Waals surface area contributed by atoms with E-state index in [-0.39, 0.29) is 35.2 Å². The van der Waals surface area contributed by atoms with Crippen LogP contribution in [0, 0.1) is 32.1 Å². The lowest BCUT2D eigenvalue weighted by molar-refractivity contribution is -0.132. The van der Waals surface area contributed by atoms with Crippen molar-refractivity contribution in [2.45, 2.75) is 70.0 Å². The van der Waals surface area contributed by atoms with Gasteiger partial charge in [-0.1, -0.05) is 24.6 Å². The highest BCUT2D eigenvalue weighted by molar-refractivity contribution is 8.00. The van der Waals surface area contributed by atoms with Crippen molar-refractivity contribution in [1.82, 2.24) is 9.88 Å². The number of aryl methyl sites for hydroxylation is 1. The standard InChI is InChI=1S/C20H27N3O3S2/c1-13-14(2)18(10-21)20(22-15(13)3)27-11-19(24)23(16-6-4-5-7-16)17-8-9-28(25,26)12-17/h16-17H,4-9,11-12H2,1-3H3/t17-/m1/s1. The van der Waals surface area contributed by atoms with Crippen molar-refractivity contribution in [3.05, 3.63) is 22.4 Å². The van der Waals surface area contributed by atoms with Crippen LogP contribution in [0.15, 0.2) is 5.03 Å². The summed E-state index contributed by atoms with van der Waals surface area (Å²) in [7, 11) is -3.05. The molecule has 0 radical (unpaired) electrons. The number of nitriles is 1. The van der Waals surface area contributed by atoms with Gasteiger partial charge in [-0.15, -0.1) is 0 Å². The van der Waals surface area contributed by atoms with Crippen LogP contribution in [0.25, 0.3) is 0 Å². The van der Waals surface area contributed by atoms with E-state index in [1.54, 1.807) is 0 Å². The van der Waals surface area contributed by atoms with Crippen molar-refractivity contribution in [1.29, 1.82) is 5.26 Å². The Kier molecular flexibility index (Phi) is 6.35. The molecular formula is C20H27N3O3S2. The largest absolute Gasteiger partial charge is 0.335 e. The second kappa shape index (κ2) is 8.42. The number of pyridine rings is 1. The quantitative estimate of drug-likeness (QED) is 0.679. The van der Waals surface area contributed by atoms with Gasteiger partial charge >= 0.3 is 0 Å². The van der Waals surface area contributed by atoms with E-state index < -0.39 is 9.84 Å². The van der Waals surface area contributed by atoms with Crippen molar-refractivity contribution in [3.63, 3.8) is 0 Å². The Labute approximate surface area is 171 Å². The topological polar surface area (TPSA) is 91.1 Å². The highest BCUT2D eigenvalue weighted by Crippen LogP contribution is 2.31. The molecule has 3 rings (SSSR count). The zero-order chi connectivity index (χ0) is 20.5. The van der Waals surface area contributed by atoms with Crippen LogP contribution < -0.4 is 0 Å². The molecule has 2 fully saturated rings. The molecule has 2 heterocycles. The summed E-state index contributed by atoms with van der Waals surface area (Å²) in [5.74, 6) is 0.374. The Morgan fingerprint density at radius 3 is 2.43 bits per heavy atom. The van der Waals surface area contributed by atoms with E-state index in [1.807, 2.05) is 25.7 Å². The molecule has 1 aromatic rings. The van der Waals surface area contributed by atoms with Crippen molar-refractivity contribution in [2.24, 2.45) is 0 Å². The van der Waals surface area contributed by atoms with E-state index in [4.69, 9.17) is 0 Å². The van der Waals surface area contributed by atoms with Crippen molar-refractivity contribution in [2.75, 3.05) is 17.3 Å². The summed E-state index contributed by atoms with van der Waals surface area (Å²) < 4.78 is 23.9. The van der Waals surface area contributed by atoms with Crippen LogP contribution in [0.1, 0.15) is 54.5 Å². The Morgan fingerprint density at radius 2 is 1.86 bits per heavy atom. The third-order valence-electron chi connectivity index (χ3n) is 6.02. The van der Waals surface area contributed by atoms with E-state index in [9.17, 15) is 18.5 Å². The Balaban J connectivity index is 1.79. The van der Waals surface area contributed by atoms with Crippen LogP contribution in [0.2, 0.25) is 0 Å². The van der Waals surface area contributed by atoms with Gasteiger partial charge in [0.2, 0.25) is 5.91 Å². The summed E-state index contributed by atoms with van der Waals surface area (Å²) in [6.45, 7) is 5.76. The van der Waals surface area contributed by atoms with E-state index in [0.717, 1.165) is 42.5 Å². The molecule has 152 valence electrons. The van der Waals surface area contributed by atoms with Gasteiger partial charge in [-0.3, -0.25) is 4.79 Å². The van der Waals surface area contributed by atoms with Crippen LogP contribution in [-0.2, 0) is 14.6 Å². The van der Waals surface area contributed by atoms with Gasteiger partial charge in [0.25, 0.3) is 0 Å². The Morgan fingerprint density at radius 1 is 1.18 bits per heavy atom. The molecule has 1 aliphatic carbocycles. The van der Waals surface area contributed by atoms with Gasteiger partial charge in [-0.25, -0.2) is 13.4 Å². The second-order valence-electron chi connectivity index (χ2n) is 7.82. The van der Waals surface area contributed by atoms with E-state index >= 15 is 0 Å². The molecule has 0 aromatic carbocycles. The number of carbonyl (C=O) groups excluding carboxylic acids is 1. The number of nitrogens with zero attached hydrogens (tertiary/aromatic N) is 3. The first kappa shape index (κ1) is 21.1. The molecule has 28 heavy (non-hydrogen) atoms. The summed E-state index contributed by atoms with van der Waals surface area (Å²) >= 11 is 1.29. The second-order valence-corrected chi connectivity index (χ2v) is 11.0. The van der Waals surface area contributed by atoms with Gasteiger partial charge in [0, 0.05) is 17.8 Å². The summed E-state index contributed by atoms with van der Waals surface area (Å²) in [5.41, 5.74) is 3.29. The molecule has 1 aliphatic heterocycles. The fourth-order valence-corrected chi connectivity index (χ4v) is 6.90. The van der Waals surface area contributed by atoms with Crippen LogP contribution in [0.5, 0.6) is 0 Å². The summed E-state index contributed by atoms with van der Waals surface area (Å²) in [5, 5.41) is 10.1. The SMILES string of the molecule is Cc1nc(SCC(=O)N(C2CCCC2)[C@@H]2CCS(=O)(=O)C2)c(C#N)c(C)c1C. The fourth-order valence-electron chi connectivity index (χ4n) is 4.23. The van der Waals surface area contributed by atoms with Gasteiger partial charge in [0.05, 0.1) is 22.8 Å². The monoisotopic (exact) mass is 421 g/mol. The predicted octanol–water partition coefficient (Wildman–Crippen LogP) is 2.93. The molecule has 0 N–H and O–H groups in total. The molecule has 0 bridgehead atoms. The number of hydrogen-bond acceptors (Lipinski definition) is 6. The number of rotatable bonds is 5. The number of aromatic nitrogens is 1. The minimum Gasteiger partial charge on any atom is -0.335 e.